The normalized spacial score (nSPS) is 11.3. The molecule has 0 spiro atoms. The summed E-state index contributed by atoms with van der Waals surface area (Å²) in [5.74, 6) is 0.554. The third kappa shape index (κ3) is 1.31. The Kier molecular flexibility index (Phi) is 2.00. The maximum atomic E-state index is 5.95. The van der Waals surface area contributed by atoms with E-state index in [9.17, 15) is 0 Å². The standard InChI is InChI=1S/C11H13NS/c1-7(2)8-6-13-10-5-3-4-9(12)11(8)10/h3-7H,12H2,1-2H3. The molecule has 2 N–H and O–H groups in total. The molecule has 0 atom stereocenters. The highest BCUT2D eigenvalue weighted by atomic mass is 32.1. The lowest BCUT2D eigenvalue weighted by molar-refractivity contribution is 0.881. The molecule has 0 bridgehead atoms. The highest BCUT2D eigenvalue weighted by Gasteiger charge is 2.09. The summed E-state index contributed by atoms with van der Waals surface area (Å²) in [5.41, 5.74) is 8.22. The Balaban J connectivity index is 2.79. The molecule has 2 heteroatoms. The van der Waals surface area contributed by atoms with Crippen LogP contribution >= 0.6 is 11.3 Å². The van der Waals surface area contributed by atoms with Crippen LogP contribution in [0, 0.1) is 0 Å². The summed E-state index contributed by atoms with van der Waals surface area (Å²) >= 11 is 1.78. The number of benzene rings is 1. The topological polar surface area (TPSA) is 26.0 Å². The van der Waals surface area contributed by atoms with Gasteiger partial charge in [0.25, 0.3) is 0 Å². The van der Waals surface area contributed by atoms with Crippen LogP contribution in [0.4, 0.5) is 5.69 Å². The maximum absolute atomic E-state index is 5.95. The number of thiophene rings is 1. The molecule has 0 aliphatic carbocycles. The van der Waals surface area contributed by atoms with Crippen molar-refractivity contribution >= 4 is 27.1 Å². The second kappa shape index (κ2) is 3.04. The van der Waals surface area contributed by atoms with Gasteiger partial charge in [0, 0.05) is 15.8 Å². The molecule has 13 heavy (non-hydrogen) atoms. The van der Waals surface area contributed by atoms with E-state index in [-0.39, 0.29) is 0 Å². The molecule has 1 aromatic carbocycles. The number of rotatable bonds is 1. The van der Waals surface area contributed by atoms with Crippen LogP contribution in [0.3, 0.4) is 0 Å². The van der Waals surface area contributed by atoms with E-state index in [1.165, 1.54) is 15.6 Å². The largest absolute Gasteiger partial charge is 0.398 e. The number of fused-ring (bicyclic) bond motifs is 1. The Labute approximate surface area is 82.2 Å². The van der Waals surface area contributed by atoms with Gasteiger partial charge in [0.1, 0.15) is 0 Å². The molecule has 68 valence electrons. The van der Waals surface area contributed by atoms with Gasteiger partial charge in [-0.1, -0.05) is 19.9 Å². The van der Waals surface area contributed by atoms with E-state index in [1.807, 2.05) is 12.1 Å². The molecule has 1 aromatic heterocycles. The van der Waals surface area contributed by atoms with Gasteiger partial charge in [0.2, 0.25) is 0 Å². The number of hydrogen-bond acceptors (Lipinski definition) is 2. The van der Waals surface area contributed by atoms with Crippen LogP contribution in [-0.2, 0) is 0 Å². The second-order valence-corrected chi connectivity index (χ2v) is 4.48. The average molecular weight is 191 g/mol. The minimum atomic E-state index is 0.554. The lowest BCUT2D eigenvalue weighted by Gasteiger charge is -2.04. The van der Waals surface area contributed by atoms with Gasteiger partial charge in [0.05, 0.1) is 0 Å². The van der Waals surface area contributed by atoms with Gasteiger partial charge in [0.15, 0.2) is 0 Å². The number of nitrogen functional groups attached to an aromatic ring is 1. The van der Waals surface area contributed by atoms with Crippen LogP contribution in [-0.4, -0.2) is 0 Å². The minimum Gasteiger partial charge on any atom is -0.398 e. The predicted octanol–water partition coefficient (Wildman–Crippen LogP) is 3.61. The van der Waals surface area contributed by atoms with Gasteiger partial charge in [-0.25, -0.2) is 0 Å². The van der Waals surface area contributed by atoms with Gasteiger partial charge in [-0.2, -0.15) is 0 Å². The number of hydrogen-bond donors (Lipinski definition) is 1. The van der Waals surface area contributed by atoms with Gasteiger partial charge < -0.3 is 5.73 Å². The fourth-order valence-corrected chi connectivity index (χ4v) is 2.72. The second-order valence-electron chi connectivity index (χ2n) is 3.57. The van der Waals surface area contributed by atoms with E-state index in [1.54, 1.807) is 11.3 Å². The summed E-state index contributed by atoms with van der Waals surface area (Å²) in [6.07, 6.45) is 0. The molecule has 0 unspecified atom stereocenters. The lowest BCUT2D eigenvalue weighted by Crippen LogP contribution is -1.89. The van der Waals surface area contributed by atoms with Gasteiger partial charge in [-0.05, 0) is 29.0 Å². The molecule has 0 saturated carbocycles. The quantitative estimate of drug-likeness (QED) is 0.685. The lowest BCUT2D eigenvalue weighted by atomic mass is 10.0. The van der Waals surface area contributed by atoms with Crippen molar-refractivity contribution in [2.45, 2.75) is 19.8 Å². The van der Waals surface area contributed by atoms with Crippen LogP contribution < -0.4 is 5.73 Å². The SMILES string of the molecule is CC(C)c1csc2cccc(N)c12. The fraction of sp³-hybridized carbons (Fsp3) is 0.273. The third-order valence-electron chi connectivity index (χ3n) is 2.28. The molecule has 1 heterocycles. The molecule has 2 aromatic rings. The molecule has 0 fully saturated rings. The van der Waals surface area contributed by atoms with Crippen LogP contribution in [0.2, 0.25) is 0 Å². The molecule has 0 aliphatic rings. The van der Waals surface area contributed by atoms with Crippen molar-refractivity contribution < 1.29 is 0 Å². The first-order valence-corrected chi connectivity index (χ1v) is 5.33. The van der Waals surface area contributed by atoms with Crippen molar-refractivity contribution in [2.24, 2.45) is 0 Å². The van der Waals surface area contributed by atoms with Gasteiger partial charge >= 0.3 is 0 Å². The van der Waals surface area contributed by atoms with Crippen molar-refractivity contribution in [3.63, 3.8) is 0 Å². The van der Waals surface area contributed by atoms with E-state index < -0.39 is 0 Å². The van der Waals surface area contributed by atoms with Gasteiger partial charge in [-0.3, -0.25) is 0 Å². The zero-order valence-corrected chi connectivity index (χ0v) is 8.69. The smallest absolute Gasteiger partial charge is 0.0405 e. The Morgan fingerprint density at radius 2 is 2.08 bits per heavy atom. The van der Waals surface area contributed by atoms with Crippen molar-refractivity contribution in [3.8, 4) is 0 Å². The van der Waals surface area contributed by atoms with E-state index in [0.717, 1.165) is 5.69 Å². The summed E-state index contributed by atoms with van der Waals surface area (Å²) in [6, 6.07) is 6.11. The summed E-state index contributed by atoms with van der Waals surface area (Å²) < 4.78 is 1.30. The van der Waals surface area contributed by atoms with E-state index >= 15 is 0 Å². The highest BCUT2D eigenvalue weighted by Crippen LogP contribution is 2.34. The molecule has 1 nitrogen and oxygen atoms in total. The Morgan fingerprint density at radius 3 is 2.77 bits per heavy atom. The Bertz CT molecular complexity index is 429. The minimum absolute atomic E-state index is 0.554. The molecule has 0 amide bonds. The summed E-state index contributed by atoms with van der Waals surface area (Å²) in [7, 11) is 0. The molecular formula is C11H13NS. The summed E-state index contributed by atoms with van der Waals surface area (Å²) in [5, 5.41) is 3.47. The zero-order valence-electron chi connectivity index (χ0n) is 7.87. The molecule has 0 saturated heterocycles. The molecule has 0 aliphatic heterocycles. The van der Waals surface area contributed by atoms with E-state index in [2.05, 4.69) is 25.3 Å². The van der Waals surface area contributed by atoms with Crippen molar-refractivity contribution in [1.29, 1.82) is 0 Å². The highest BCUT2D eigenvalue weighted by molar-refractivity contribution is 7.17. The van der Waals surface area contributed by atoms with Crippen molar-refractivity contribution in [2.75, 3.05) is 5.73 Å². The number of anilines is 1. The molecular weight excluding hydrogens is 178 g/mol. The predicted molar refractivity (Wildman–Crippen MR) is 60.3 cm³/mol. The fourth-order valence-electron chi connectivity index (χ4n) is 1.57. The average Bonchev–Trinajstić information content (AvgIpc) is 2.49. The molecule has 0 radical (unpaired) electrons. The van der Waals surface area contributed by atoms with Gasteiger partial charge in [-0.15, -0.1) is 11.3 Å². The first-order chi connectivity index (χ1) is 6.20. The van der Waals surface area contributed by atoms with Crippen molar-refractivity contribution in [3.05, 3.63) is 29.1 Å². The molecule has 2 rings (SSSR count). The van der Waals surface area contributed by atoms with Crippen molar-refractivity contribution in [1.82, 2.24) is 0 Å². The Morgan fingerprint density at radius 1 is 1.31 bits per heavy atom. The van der Waals surface area contributed by atoms with Crippen LogP contribution in [0.15, 0.2) is 23.6 Å². The third-order valence-corrected chi connectivity index (χ3v) is 3.25. The summed E-state index contributed by atoms with van der Waals surface area (Å²) in [6.45, 7) is 4.40. The number of nitrogens with two attached hydrogens (primary N) is 1. The zero-order chi connectivity index (χ0) is 9.42. The van der Waals surface area contributed by atoms with Crippen LogP contribution in [0.5, 0.6) is 0 Å². The first-order valence-electron chi connectivity index (χ1n) is 4.45. The Hall–Kier alpha value is -1.02. The van der Waals surface area contributed by atoms with Crippen LogP contribution in [0.25, 0.3) is 10.1 Å². The van der Waals surface area contributed by atoms with Crippen LogP contribution in [0.1, 0.15) is 25.3 Å². The van der Waals surface area contributed by atoms with E-state index in [4.69, 9.17) is 5.73 Å². The first kappa shape index (κ1) is 8.57. The maximum Gasteiger partial charge on any atom is 0.0405 e. The summed E-state index contributed by atoms with van der Waals surface area (Å²) in [4.78, 5) is 0. The van der Waals surface area contributed by atoms with E-state index in [0.29, 0.717) is 5.92 Å². The monoisotopic (exact) mass is 191 g/mol.